The molecule has 0 N–H and O–H groups in total. The third kappa shape index (κ3) is 0.518. The Labute approximate surface area is 41.4 Å². The van der Waals surface area contributed by atoms with Crippen molar-refractivity contribution >= 4 is 0 Å². The molecule has 0 atom stereocenters. The third-order valence-corrected chi connectivity index (χ3v) is 0.542. The van der Waals surface area contributed by atoms with Gasteiger partial charge in [-0.05, 0) is 0 Å². The monoisotopic (exact) mass is 122 g/mol. The number of hydrogen-bond donors (Lipinski definition) is 0. The smallest absolute Gasteiger partial charge is 0.251 e. The van der Waals surface area contributed by atoms with Crippen LogP contribution in [-0.4, -0.2) is 0 Å². The van der Waals surface area contributed by atoms with Gasteiger partial charge in [-0.2, -0.15) is 8.78 Å². The lowest BCUT2D eigenvalue weighted by Gasteiger charge is -1.63. The van der Waals surface area contributed by atoms with Crippen molar-refractivity contribution in [2.24, 2.45) is 0 Å². The molecule has 0 radical (unpaired) electrons. The average molecular weight is 122 g/mol. The second-order valence-corrected chi connectivity index (χ2v) is 1.04. The molecule has 44 valence electrons. The molecule has 0 aliphatic rings. The van der Waals surface area contributed by atoms with Crippen molar-refractivity contribution in [3.63, 3.8) is 0 Å². The maximum Gasteiger partial charge on any atom is 0.421 e. The molecule has 0 saturated carbocycles. The first-order chi connectivity index (χ1) is 3.72. The third-order valence-electron chi connectivity index (χ3n) is 0.542. The lowest BCUT2D eigenvalue weighted by molar-refractivity contribution is 0.00749. The van der Waals surface area contributed by atoms with Gasteiger partial charge in [-0.1, -0.05) is 0 Å². The summed E-state index contributed by atoms with van der Waals surface area (Å²) in [7, 11) is 0. The van der Waals surface area contributed by atoms with Crippen LogP contribution in [0, 0.1) is 11.8 Å². The lowest BCUT2D eigenvalue weighted by Crippen LogP contribution is -1.96. The maximum absolute atomic E-state index is 11.6. The van der Waals surface area contributed by atoms with Crippen LogP contribution >= 0.6 is 0 Å². The SMILES string of the molecule is O=c1ooc(F)c1F. The van der Waals surface area contributed by atoms with E-state index >= 15 is 0 Å². The summed E-state index contributed by atoms with van der Waals surface area (Å²) in [6.07, 6.45) is 0. The number of hydrogen-bond acceptors (Lipinski definition) is 3. The standard InChI is InChI=1S/C3F2O3/c4-1-2(5)7-8-3(1)6. The van der Waals surface area contributed by atoms with Crippen LogP contribution in [0.1, 0.15) is 0 Å². The maximum atomic E-state index is 11.6. The highest BCUT2D eigenvalue weighted by atomic mass is 19.2. The molecular formula is C3F2O3. The van der Waals surface area contributed by atoms with E-state index in [2.05, 4.69) is 9.15 Å². The van der Waals surface area contributed by atoms with Crippen LogP contribution in [0.3, 0.4) is 0 Å². The highest BCUT2D eigenvalue weighted by Crippen LogP contribution is 1.96. The Morgan fingerprint density at radius 2 is 1.88 bits per heavy atom. The largest absolute Gasteiger partial charge is 0.421 e. The van der Waals surface area contributed by atoms with E-state index in [1.165, 1.54) is 0 Å². The molecule has 0 aliphatic carbocycles. The molecule has 0 aromatic carbocycles. The van der Waals surface area contributed by atoms with Crippen LogP contribution < -0.4 is 5.63 Å². The number of halogens is 2. The molecule has 0 fully saturated rings. The first kappa shape index (κ1) is 5.02. The van der Waals surface area contributed by atoms with Gasteiger partial charge in [0.05, 0.1) is 0 Å². The van der Waals surface area contributed by atoms with Crippen LogP contribution in [0.25, 0.3) is 0 Å². The lowest BCUT2D eigenvalue weighted by atomic mass is 10.7. The summed E-state index contributed by atoms with van der Waals surface area (Å²) in [5.41, 5.74) is -1.43. The van der Waals surface area contributed by atoms with Crippen LogP contribution in [0.15, 0.2) is 13.9 Å². The summed E-state index contributed by atoms with van der Waals surface area (Å²) in [5.74, 6) is -1.62. The van der Waals surface area contributed by atoms with Gasteiger partial charge in [0.1, 0.15) is 0 Å². The van der Waals surface area contributed by atoms with Crippen molar-refractivity contribution in [2.75, 3.05) is 0 Å². The Kier molecular flexibility index (Phi) is 0.896. The molecule has 0 saturated heterocycles. The molecule has 0 aliphatic heterocycles. The van der Waals surface area contributed by atoms with Crippen molar-refractivity contribution in [3.05, 3.63) is 22.3 Å². The highest BCUT2D eigenvalue weighted by molar-refractivity contribution is 4.78. The van der Waals surface area contributed by atoms with E-state index in [9.17, 15) is 13.6 Å². The molecule has 1 aromatic rings. The van der Waals surface area contributed by atoms with E-state index in [1.807, 2.05) is 0 Å². The predicted octanol–water partition coefficient (Wildman–Crippen LogP) is 0.511. The summed E-state index contributed by atoms with van der Waals surface area (Å²) >= 11 is 0. The second kappa shape index (κ2) is 1.43. The summed E-state index contributed by atoms with van der Waals surface area (Å²) < 4.78 is 29.9. The summed E-state index contributed by atoms with van der Waals surface area (Å²) in [6.45, 7) is 0. The molecule has 0 spiro atoms. The zero-order valence-electron chi connectivity index (χ0n) is 3.48. The molecule has 0 amide bonds. The molecule has 5 heteroatoms. The molecule has 1 heterocycles. The Morgan fingerprint density at radius 1 is 1.25 bits per heavy atom. The normalized spacial score (nSPS) is 9.75. The quantitative estimate of drug-likeness (QED) is 0.471. The molecule has 1 rings (SSSR count). The van der Waals surface area contributed by atoms with E-state index in [-0.39, 0.29) is 0 Å². The zero-order chi connectivity index (χ0) is 6.15. The minimum absolute atomic E-state index is 1.43. The van der Waals surface area contributed by atoms with E-state index in [0.717, 1.165) is 0 Å². The van der Waals surface area contributed by atoms with Crippen LogP contribution in [-0.2, 0) is 0 Å². The molecule has 0 bridgehead atoms. The molecule has 0 unspecified atom stereocenters. The average Bonchev–Trinajstić information content (AvgIpc) is 1.98. The van der Waals surface area contributed by atoms with Crippen molar-refractivity contribution in [1.82, 2.24) is 0 Å². The Hall–Kier alpha value is -1.13. The number of rotatable bonds is 0. The van der Waals surface area contributed by atoms with E-state index < -0.39 is 17.5 Å². The summed E-state index contributed by atoms with van der Waals surface area (Å²) in [5, 5.41) is 0. The minimum Gasteiger partial charge on any atom is -0.251 e. The zero-order valence-corrected chi connectivity index (χ0v) is 3.48. The molecule has 8 heavy (non-hydrogen) atoms. The van der Waals surface area contributed by atoms with Crippen molar-refractivity contribution in [1.29, 1.82) is 0 Å². The Bertz CT molecular complexity index is 235. The van der Waals surface area contributed by atoms with Gasteiger partial charge in [0.2, 0.25) is 0 Å². The topological polar surface area (TPSA) is 43.4 Å². The predicted molar refractivity (Wildman–Crippen MR) is 17.2 cm³/mol. The van der Waals surface area contributed by atoms with Crippen molar-refractivity contribution in [2.45, 2.75) is 0 Å². The Morgan fingerprint density at radius 3 is 2.00 bits per heavy atom. The van der Waals surface area contributed by atoms with E-state index in [4.69, 9.17) is 0 Å². The Balaban J connectivity index is 3.41. The van der Waals surface area contributed by atoms with Crippen molar-refractivity contribution in [3.8, 4) is 0 Å². The fourth-order valence-corrected chi connectivity index (χ4v) is 0.228. The van der Waals surface area contributed by atoms with Gasteiger partial charge < -0.3 is 0 Å². The first-order valence-electron chi connectivity index (χ1n) is 1.66. The minimum atomic E-state index is -1.62. The van der Waals surface area contributed by atoms with Gasteiger partial charge >= 0.3 is 11.6 Å². The highest BCUT2D eigenvalue weighted by Gasteiger charge is 2.12. The fourth-order valence-electron chi connectivity index (χ4n) is 0.228. The van der Waals surface area contributed by atoms with Crippen LogP contribution in [0.4, 0.5) is 8.78 Å². The van der Waals surface area contributed by atoms with Gasteiger partial charge in [0, 0.05) is 0 Å². The van der Waals surface area contributed by atoms with Gasteiger partial charge in [-0.3, -0.25) is 4.58 Å². The summed E-state index contributed by atoms with van der Waals surface area (Å²) in [6, 6.07) is -1.62. The second-order valence-electron chi connectivity index (χ2n) is 1.04. The van der Waals surface area contributed by atoms with Crippen LogP contribution in [0.2, 0.25) is 0 Å². The van der Waals surface area contributed by atoms with Gasteiger partial charge in [-0.25, -0.2) is 9.37 Å². The van der Waals surface area contributed by atoms with Gasteiger partial charge in [0.25, 0.3) is 5.82 Å². The summed E-state index contributed by atoms with van der Waals surface area (Å²) in [4.78, 5) is 9.76. The van der Waals surface area contributed by atoms with E-state index in [0.29, 0.717) is 0 Å². The van der Waals surface area contributed by atoms with E-state index in [1.54, 1.807) is 0 Å². The molecule has 1 aromatic heterocycles. The first-order valence-corrected chi connectivity index (χ1v) is 1.66. The van der Waals surface area contributed by atoms with Crippen molar-refractivity contribution < 1.29 is 17.9 Å². The fraction of sp³-hybridized carbons (Fsp3) is 0. The molecular weight excluding hydrogens is 122 g/mol. The van der Waals surface area contributed by atoms with Gasteiger partial charge in [-0.15, -0.1) is 0 Å². The van der Waals surface area contributed by atoms with Crippen LogP contribution in [0.5, 0.6) is 0 Å². The van der Waals surface area contributed by atoms with Gasteiger partial charge in [0.15, 0.2) is 0 Å². The molecule has 3 nitrogen and oxygen atoms in total.